The van der Waals surface area contributed by atoms with Crippen molar-refractivity contribution < 1.29 is 19.1 Å². The summed E-state index contributed by atoms with van der Waals surface area (Å²) in [5, 5.41) is 2.89. The molecule has 146 valence electrons. The van der Waals surface area contributed by atoms with Gasteiger partial charge in [0, 0.05) is 32.6 Å². The zero-order valence-electron chi connectivity index (χ0n) is 14.9. The van der Waals surface area contributed by atoms with Crippen LogP contribution in [0.25, 0.3) is 0 Å². The van der Waals surface area contributed by atoms with Gasteiger partial charge in [-0.1, -0.05) is 11.6 Å². The highest BCUT2D eigenvalue weighted by Crippen LogP contribution is 2.30. The van der Waals surface area contributed by atoms with Gasteiger partial charge in [0.05, 0.1) is 36.1 Å². The number of hydrogen-bond donors (Lipinski definition) is 2. The molecule has 9 heteroatoms. The number of benzene rings is 1. The number of likely N-dealkylation sites (tertiary alicyclic amines) is 1. The van der Waals surface area contributed by atoms with Crippen LogP contribution < -0.4 is 15.8 Å². The highest BCUT2D eigenvalue weighted by molar-refractivity contribution is 6.33. The van der Waals surface area contributed by atoms with Gasteiger partial charge in [-0.15, -0.1) is 12.4 Å². The molecular formula is C17H25Cl2N3O4. The van der Waals surface area contributed by atoms with Crippen molar-refractivity contribution in [3.8, 4) is 5.75 Å². The third-order valence-corrected chi connectivity index (χ3v) is 4.57. The van der Waals surface area contributed by atoms with E-state index in [9.17, 15) is 9.59 Å². The summed E-state index contributed by atoms with van der Waals surface area (Å²) in [6.07, 6.45) is 1.86. The predicted octanol–water partition coefficient (Wildman–Crippen LogP) is 2.11. The first-order valence-electron chi connectivity index (χ1n) is 8.20. The van der Waals surface area contributed by atoms with Gasteiger partial charge in [0.2, 0.25) is 5.91 Å². The molecule has 26 heavy (non-hydrogen) atoms. The number of carbonyl (C=O) groups is 2. The number of rotatable bonds is 6. The van der Waals surface area contributed by atoms with E-state index in [1.165, 1.54) is 7.11 Å². The molecule has 1 heterocycles. The highest BCUT2D eigenvalue weighted by Gasteiger charge is 2.26. The lowest BCUT2D eigenvalue weighted by molar-refractivity contribution is -0.122. The number of carbonyl (C=O) groups excluding carboxylic acids is 2. The number of methoxy groups -OCH3 is 1. The van der Waals surface area contributed by atoms with Crippen LogP contribution in [0.5, 0.6) is 5.75 Å². The number of hydrogen-bond acceptors (Lipinski definition) is 5. The van der Waals surface area contributed by atoms with Crippen molar-refractivity contribution >= 4 is 41.5 Å². The minimum absolute atomic E-state index is 0. The number of nitrogens with zero attached hydrogens (tertiary/aromatic N) is 1. The Kier molecular flexibility index (Phi) is 8.98. The number of piperidine rings is 1. The Labute approximate surface area is 164 Å². The van der Waals surface area contributed by atoms with Crippen molar-refractivity contribution in [2.24, 2.45) is 0 Å². The van der Waals surface area contributed by atoms with Crippen LogP contribution in [0.3, 0.4) is 0 Å². The summed E-state index contributed by atoms with van der Waals surface area (Å²) in [6, 6.07) is 3.11. The molecule has 1 aromatic carbocycles. The van der Waals surface area contributed by atoms with E-state index >= 15 is 0 Å². The van der Waals surface area contributed by atoms with Crippen molar-refractivity contribution in [1.82, 2.24) is 10.2 Å². The minimum atomic E-state index is -0.137. The third kappa shape index (κ3) is 5.65. The Hall–Kier alpha value is -1.70. The molecule has 3 N–H and O–H groups in total. The molecule has 0 bridgehead atoms. The Morgan fingerprint density at radius 3 is 2.58 bits per heavy atom. The van der Waals surface area contributed by atoms with E-state index in [1.54, 1.807) is 24.1 Å². The number of anilines is 1. The van der Waals surface area contributed by atoms with Crippen LogP contribution in [0.15, 0.2) is 12.1 Å². The third-order valence-electron chi connectivity index (χ3n) is 4.24. The second kappa shape index (κ2) is 10.4. The first-order valence-corrected chi connectivity index (χ1v) is 8.58. The fourth-order valence-corrected chi connectivity index (χ4v) is 2.91. The number of nitrogens with two attached hydrogens (primary N) is 1. The maximum atomic E-state index is 12.7. The largest absolute Gasteiger partial charge is 0.496 e. The Morgan fingerprint density at radius 2 is 2.00 bits per heavy atom. The molecule has 1 aliphatic heterocycles. The summed E-state index contributed by atoms with van der Waals surface area (Å²) in [6.45, 7) is 1.54. The molecular weight excluding hydrogens is 381 g/mol. The molecule has 2 amide bonds. The van der Waals surface area contributed by atoms with Crippen molar-refractivity contribution in [3.05, 3.63) is 22.7 Å². The lowest BCUT2D eigenvalue weighted by Gasteiger charge is -2.32. The minimum Gasteiger partial charge on any atom is -0.496 e. The fourth-order valence-electron chi connectivity index (χ4n) is 2.74. The van der Waals surface area contributed by atoms with E-state index in [4.69, 9.17) is 26.8 Å². The quantitative estimate of drug-likeness (QED) is 0.706. The molecule has 1 saturated heterocycles. The zero-order chi connectivity index (χ0) is 18.4. The van der Waals surface area contributed by atoms with Gasteiger partial charge in [-0.2, -0.15) is 0 Å². The molecule has 0 spiro atoms. The van der Waals surface area contributed by atoms with E-state index < -0.39 is 0 Å². The number of ether oxygens (including phenoxy) is 2. The number of amides is 2. The predicted molar refractivity (Wildman–Crippen MR) is 103 cm³/mol. The molecule has 0 aromatic heterocycles. The van der Waals surface area contributed by atoms with Gasteiger partial charge in [-0.05, 0) is 18.9 Å². The molecule has 0 saturated carbocycles. The molecule has 1 aromatic rings. The van der Waals surface area contributed by atoms with Crippen LogP contribution in [0.4, 0.5) is 5.69 Å². The summed E-state index contributed by atoms with van der Waals surface area (Å²) in [4.78, 5) is 25.7. The molecule has 0 aliphatic carbocycles. The van der Waals surface area contributed by atoms with E-state index in [1.807, 2.05) is 0 Å². The fraction of sp³-hybridized carbons (Fsp3) is 0.529. The lowest BCUT2D eigenvalue weighted by atomic mass is 10.1. The average Bonchev–Trinajstić information content (AvgIpc) is 2.63. The second-order valence-corrected chi connectivity index (χ2v) is 6.27. The standard InChI is InChI=1S/C17H24ClN3O4.ClH/c1-20-16(22)5-8-25-11-3-6-21(7-4-11)17(23)12-9-13(18)14(19)10-15(12)24-2;/h9-11H,3-8,19H2,1-2H3,(H,20,22);1H. The Morgan fingerprint density at radius 1 is 1.35 bits per heavy atom. The normalized spacial score (nSPS) is 14.5. The SMILES string of the molecule is CNC(=O)CCOC1CCN(C(=O)c2cc(Cl)c(N)cc2OC)CC1.Cl. The molecule has 1 fully saturated rings. The van der Waals surface area contributed by atoms with Gasteiger partial charge in [0.1, 0.15) is 5.75 Å². The summed E-state index contributed by atoms with van der Waals surface area (Å²) in [5.74, 6) is 0.235. The molecule has 2 rings (SSSR count). The Balaban J connectivity index is 0.00000338. The molecule has 1 aliphatic rings. The number of halogens is 2. The summed E-state index contributed by atoms with van der Waals surface area (Å²) >= 11 is 6.04. The van der Waals surface area contributed by atoms with E-state index in [0.717, 1.165) is 12.8 Å². The van der Waals surface area contributed by atoms with Gasteiger partial charge >= 0.3 is 0 Å². The first-order chi connectivity index (χ1) is 12.0. The van der Waals surface area contributed by atoms with E-state index in [0.29, 0.717) is 48.1 Å². The summed E-state index contributed by atoms with van der Waals surface area (Å²) < 4.78 is 11.0. The average molecular weight is 406 g/mol. The van der Waals surface area contributed by atoms with Crippen LogP contribution >= 0.6 is 24.0 Å². The van der Waals surface area contributed by atoms with Crippen LogP contribution in [-0.4, -0.2) is 56.7 Å². The zero-order valence-corrected chi connectivity index (χ0v) is 16.5. The van der Waals surface area contributed by atoms with Crippen LogP contribution in [0.1, 0.15) is 29.6 Å². The van der Waals surface area contributed by atoms with Gasteiger partial charge in [0.15, 0.2) is 0 Å². The Bertz CT molecular complexity index is 635. The maximum Gasteiger partial charge on any atom is 0.257 e. The van der Waals surface area contributed by atoms with Gasteiger partial charge in [-0.25, -0.2) is 0 Å². The number of nitrogens with one attached hydrogen (secondary N) is 1. The second-order valence-electron chi connectivity index (χ2n) is 5.86. The van der Waals surface area contributed by atoms with E-state index in [-0.39, 0.29) is 30.3 Å². The van der Waals surface area contributed by atoms with Crippen molar-refractivity contribution in [2.75, 3.05) is 39.6 Å². The lowest BCUT2D eigenvalue weighted by Crippen LogP contribution is -2.41. The van der Waals surface area contributed by atoms with Crippen LogP contribution in [0, 0.1) is 0 Å². The maximum absolute atomic E-state index is 12.7. The van der Waals surface area contributed by atoms with Gasteiger partial charge in [0.25, 0.3) is 5.91 Å². The van der Waals surface area contributed by atoms with Crippen molar-refractivity contribution in [1.29, 1.82) is 0 Å². The van der Waals surface area contributed by atoms with E-state index in [2.05, 4.69) is 5.32 Å². The topological polar surface area (TPSA) is 93.9 Å². The summed E-state index contributed by atoms with van der Waals surface area (Å²) in [7, 11) is 3.09. The van der Waals surface area contributed by atoms with Crippen molar-refractivity contribution in [2.45, 2.75) is 25.4 Å². The molecule has 0 atom stereocenters. The first kappa shape index (κ1) is 22.3. The van der Waals surface area contributed by atoms with Gasteiger partial charge < -0.3 is 25.4 Å². The molecule has 0 unspecified atom stereocenters. The smallest absolute Gasteiger partial charge is 0.257 e. The molecule has 0 radical (unpaired) electrons. The summed E-state index contributed by atoms with van der Waals surface area (Å²) in [5.41, 5.74) is 6.53. The van der Waals surface area contributed by atoms with Gasteiger partial charge in [-0.3, -0.25) is 9.59 Å². The van der Waals surface area contributed by atoms with Crippen LogP contribution in [-0.2, 0) is 9.53 Å². The highest BCUT2D eigenvalue weighted by atomic mass is 35.5. The molecule has 7 nitrogen and oxygen atoms in total. The van der Waals surface area contributed by atoms with Crippen LogP contribution in [0.2, 0.25) is 5.02 Å². The monoisotopic (exact) mass is 405 g/mol. The number of nitrogen functional groups attached to an aromatic ring is 1. The van der Waals surface area contributed by atoms with Crippen molar-refractivity contribution in [3.63, 3.8) is 0 Å².